The van der Waals surface area contributed by atoms with E-state index >= 15 is 0 Å². The van der Waals surface area contributed by atoms with Crippen molar-refractivity contribution in [2.24, 2.45) is 5.92 Å². The van der Waals surface area contributed by atoms with Crippen molar-refractivity contribution >= 4 is 5.91 Å². The lowest BCUT2D eigenvalue weighted by atomic mass is 9.90. The first-order chi connectivity index (χ1) is 8.86. The molecule has 3 heteroatoms. The molecule has 0 saturated heterocycles. The molecule has 2 aliphatic carbocycles. The Kier molecular flexibility index (Phi) is 5.98. The third kappa shape index (κ3) is 5.38. The highest BCUT2D eigenvalue weighted by atomic mass is 16.1. The van der Waals surface area contributed by atoms with Crippen molar-refractivity contribution in [3.05, 3.63) is 0 Å². The van der Waals surface area contributed by atoms with E-state index in [1.807, 2.05) is 0 Å². The van der Waals surface area contributed by atoms with E-state index < -0.39 is 0 Å². The number of nitrogens with one attached hydrogen (secondary N) is 2. The summed E-state index contributed by atoms with van der Waals surface area (Å²) in [5, 5.41) is 6.59. The van der Waals surface area contributed by atoms with E-state index in [4.69, 9.17) is 0 Å². The van der Waals surface area contributed by atoms with Crippen molar-refractivity contribution in [1.29, 1.82) is 0 Å². The van der Waals surface area contributed by atoms with Crippen molar-refractivity contribution in [3.63, 3.8) is 0 Å². The molecular formula is C15H28N2O. The van der Waals surface area contributed by atoms with Gasteiger partial charge in [-0.25, -0.2) is 0 Å². The Morgan fingerprint density at radius 1 is 0.889 bits per heavy atom. The summed E-state index contributed by atoms with van der Waals surface area (Å²) in [6, 6.07) is 0.784. The minimum atomic E-state index is 0.293. The van der Waals surface area contributed by atoms with Gasteiger partial charge in [-0.1, -0.05) is 32.1 Å². The number of carbonyl (C=O) groups is 1. The molecule has 0 bridgehead atoms. The first kappa shape index (κ1) is 13.9. The van der Waals surface area contributed by atoms with Crippen LogP contribution in [-0.4, -0.2) is 25.0 Å². The molecule has 2 N–H and O–H groups in total. The van der Waals surface area contributed by atoms with Crippen LogP contribution in [0.1, 0.15) is 64.2 Å². The monoisotopic (exact) mass is 252 g/mol. The molecule has 18 heavy (non-hydrogen) atoms. The first-order valence-electron chi connectivity index (χ1n) is 7.87. The topological polar surface area (TPSA) is 41.1 Å². The van der Waals surface area contributed by atoms with E-state index in [2.05, 4.69) is 10.6 Å². The van der Waals surface area contributed by atoms with Crippen LogP contribution in [0.4, 0.5) is 0 Å². The molecule has 0 heterocycles. The number of carbonyl (C=O) groups excluding carboxylic acids is 1. The van der Waals surface area contributed by atoms with Gasteiger partial charge in [-0.05, 0) is 38.6 Å². The fraction of sp³-hybridized carbons (Fsp3) is 0.933. The standard InChI is InChI=1S/C15H28N2O/c18-15(13-7-4-2-1-3-5-8-13)17-12-6-11-16-14-9-10-14/h13-14,16H,1-12H2,(H,17,18). The van der Waals surface area contributed by atoms with Gasteiger partial charge >= 0.3 is 0 Å². The summed E-state index contributed by atoms with van der Waals surface area (Å²) in [6.07, 6.45) is 12.4. The number of rotatable bonds is 6. The maximum absolute atomic E-state index is 12.0. The second-order valence-electron chi connectivity index (χ2n) is 5.92. The molecule has 0 atom stereocenters. The highest BCUT2D eigenvalue weighted by Gasteiger charge is 2.20. The molecule has 104 valence electrons. The quantitative estimate of drug-likeness (QED) is 0.713. The van der Waals surface area contributed by atoms with Crippen LogP contribution in [0.5, 0.6) is 0 Å². The largest absolute Gasteiger partial charge is 0.356 e. The second kappa shape index (κ2) is 7.78. The summed E-state index contributed by atoms with van der Waals surface area (Å²) in [5.41, 5.74) is 0. The zero-order chi connectivity index (χ0) is 12.6. The van der Waals surface area contributed by atoms with Crippen LogP contribution < -0.4 is 10.6 Å². The van der Waals surface area contributed by atoms with E-state index in [0.29, 0.717) is 11.8 Å². The zero-order valence-electron chi connectivity index (χ0n) is 11.5. The van der Waals surface area contributed by atoms with Crippen molar-refractivity contribution < 1.29 is 4.79 Å². The number of hydrogen-bond donors (Lipinski definition) is 2. The second-order valence-corrected chi connectivity index (χ2v) is 5.92. The van der Waals surface area contributed by atoms with Gasteiger partial charge in [0.25, 0.3) is 0 Å². The molecule has 0 spiro atoms. The van der Waals surface area contributed by atoms with E-state index in [0.717, 1.165) is 38.4 Å². The first-order valence-corrected chi connectivity index (χ1v) is 7.87. The fourth-order valence-electron chi connectivity index (χ4n) is 2.76. The molecule has 0 aromatic heterocycles. The average Bonchev–Trinajstić information content (AvgIpc) is 3.11. The molecule has 0 aliphatic heterocycles. The van der Waals surface area contributed by atoms with Crippen LogP contribution in [0, 0.1) is 5.92 Å². The molecule has 2 fully saturated rings. The van der Waals surface area contributed by atoms with Gasteiger partial charge in [0, 0.05) is 18.5 Å². The maximum atomic E-state index is 12.0. The summed E-state index contributed by atoms with van der Waals surface area (Å²) in [5.74, 6) is 0.602. The average molecular weight is 252 g/mol. The smallest absolute Gasteiger partial charge is 0.223 e. The highest BCUT2D eigenvalue weighted by Crippen LogP contribution is 2.22. The summed E-state index contributed by atoms with van der Waals surface area (Å²) >= 11 is 0. The Morgan fingerprint density at radius 3 is 2.22 bits per heavy atom. The third-order valence-corrected chi connectivity index (χ3v) is 4.14. The van der Waals surface area contributed by atoms with E-state index in [1.165, 1.54) is 44.9 Å². The maximum Gasteiger partial charge on any atom is 0.223 e. The van der Waals surface area contributed by atoms with Crippen LogP contribution in [0.2, 0.25) is 0 Å². The molecular weight excluding hydrogens is 224 g/mol. The predicted octanol–water partition coefficient (Wildman–Crippen LogP) is 2.61. The minimum Gasteiger partial charge on any atom is -0.356 e. The number of amides is 1. The van der Waals surface area contributed by atoms with Crippen LogP contribution in [0.25, 0.3) is 0 Å². The van der Waals surface area contributed by atoms with Crippen LogP contribution in [-0.2, 0) is 4.79 Å². The Balaban J connectivity index is 1.53. The van der Waals surface area contributed by atoms with Gasteiger partial charge in [-0.15, -0.1) is 0 Å². The van der Waals surface area contributed by atoms with Gasteiger partial charge in [-0.3, -0.25) is 4.79 Å². The molecule has 2 rings (SSSR count). The zero-order valence-corrected chi connectivity index (χ0v) is 11.5. The molecule has 0 radical (unpaired) electrons. The van der Waals surface area contributed by atoms with Crippen molar-refractivity contribution in [2.75, 3.05) is 13.1 Å². The Bertz CT molecular complexity index is 243. The fourth-order valence-corrected chi connectivity index (χ4v) is 2.76. The molecule has 0 aromatic carbocycles. The van der Waals surface area contributed by atoms with E-state index in [9.17, 15) is 4.79 Å². The van der Waals surface area contributed by atoms with Gasteiger partial charge in [0.1, 0.15) is 0 Å². The highest BCUT2D eigenvalue weighted by molar-refractivity contribution is 5.78. The predicted molar refractivity (Wildman–Crippen MR) is 74.5 cm³/mol. The number of hydrogen-bond acceptors (Lipinski definition) is 2. The van der Waals surface area contributed by atoms with Gasteiger partial charge in [-0.2, -0.15) is 0 Å². The normalized spacial score (nSPS) is 22.2. The Labute approximate surface area is 111 Å². The minimum absolute atomic E-state index is 0.293. The van der Waals surface area contributed by atoms with Gasteiger partial charge in [0.05, 0.1) is 0 Å². The van der Waals surface area contributed by atoms with Gasteiger partial charge < -0.3 is 10.6 Å². The van der Waals surface area contributed by atoms with Crippen LogP contribution >= 0.6 is 0 Å². The lowest BCUT2D eigenvalue weighted by Crippen LogP contribution is -2.33. The van der Waals surface area contributed by atoms with Gasteiger partial charge in [0.15, 0.2) is 0 Å². The lowest BCUT2D eigenvalue weighted by molar-refractivity contribution is -0.125. The SMILES string of the molecule is O=C(NCCCNC1CC1)C1CCCCCCC1. The molecule has 2 aliphatic rings. The third-order valence-electron chi connectivity index (χ3n) is 4.14. The van der Waals surface area contributed by atoms with Gasteiger partial charge in [0.2, 0.25) is 5.91 Å². The molecule has 0 unspecified atom stereocenters. The lowest BCUT2D eigenvalue weighted by Gasteiger charge is -2.19. The Hall–Kier alpha value is -0.570. The Morgan fingerprint density at radius 2 is 1.56 bits per heavy atom. The molecule has 1 amide bonds. The van der Waals surface area contributed by atoms with E-state index in [1.54, 1.807) is 0 Å². The van der Waals surface area contributed by atoms with Crippen molar-refractivity contribution in [2.45, 2.75) is 70.3 Å². The van der Waals surface area contributed by atoms with Crippen LogP contribution in [0.3, 0.4) is 0 Å². The van der Waals surface area contributed by atoms with E-state index in [-0.39, 0.29) is 0 Å². The molecule has 3 nitrogen and oxygen atoms in total. The summed E-state index contributed by atoms with van der Waals surface area (Å²) in [7, 11) is 0. The molecule has 2 saturated carbocycles. The summed E-state index contributed by atoms with van der Waals surface area (Å²) < 4.78 is 0. The van der Waals surface area contributed by atoms with Crippen molar-refractivity contribution in [1.82, 2.24) is 10.6 Å². The summed E-state index contributed by atoms with van der Waals surface area (Å²) in [6.45, 7) is 1.89. The molecule has 0 aromatic rings. The van der Waals surface area contributed by atoms with Crippen LogP contribution in [0.15, 0.2) is 0 Å². The van der Waals surface area contributed by atoms with Crippen molar-refractivity contribution in [3.8, 4) is 0 Å². The summed E-state index contributed by atoms with van der Waals surface area (Å²) in [4.78, 5) is 12.0.